The van der Waals surface area contributed by atoms with Crippen molar-refractivity contribution in [2.24, 2.45) is 0 Å². The quantitative estimate of drug-likeness (QED) is 0.454. The lowest BCUT2D eigenvalue weighted by Gasteiger charge is -2.02. The number of nitrogens with zero attached hydrogens (tertiary/aromatic N) is 1. The van der Waals surface area contributed by atoms with E-state index < -0.39 is 5.97 Å². The molecule has 1 rings (SSSR count). The summed E-state index contributed by atoms with van der Waals surface area (Å²) in [7, 11) is 1.58. The monoisotopic (exact) mass is 245 g/mol. The van der Waals surface area contributed by atoms with Gasteiger partial charge in [0.05, 0.1) is 13.7 Å². The first-order valence-electron chi connectivity index (χ1n) is 5.64. The molecule has 94 valence electrons. The van der Waals surface area contributed by atoms with E-state index in [9.17, 15) is 4.79 Å². The average Bonchev–Trinajstić information content (AvgIpc) is 2.42. The van der Waals surface area contributed by atoms with Crippen LogP contribution >= 0.6 is 0 Å². The van der Waals surface area contributed by atoms with Crippen molar-refractivity contribution >= 4 is 12.0 Å². The van der Waals surface area contributed by atoms with Gasteiger partial charge < -0.3 is 9.47 Å². The topological polar surface area (TPSA) is 59.3 Å². The van der Waals surface area contributed by atoms with Gasteiger partial charge in [0.15, 0.2) is 0 Å². The normalized spacial score (nSPS) is 10.6. The molecule has 0 spiro atoms. The van der Waals surface area contributed by atoms with Crippen LogP contribution in [0.5, 0.6) is 5.75 Å². The van der Waals surface area contributed by atoms with E-state index in [1.807, 2.05) is 13.0 Å². The SMILES string of the molecule is CCCOC(=O)/C(C#N)=C\c1ccc(OC)cc1. The van der Waals surface area contributed by atoms with Crippen molar-refractivity contribution in [3.63, 3.8) is 0 Å². The summed E-state index contributed by atoms with van der Waals surface area (Å²) in [4.78, 5) is 11.5. The van der Waals surface area contributed by atoms with Crippen molar-refractivity contribution < 1.29 is 14.3 Å². The third kappa shape index (κ3) is 3.95. The molecule has 0 aliphatic rings. The highest BCUT2D eigenvalue weighted by Gasteiger charge is 2.09. The molecular formula is C14H15NO3. The zero-order valence-corrected chi connectivity index (χ0v) is 10.5. The van der Waals surface area contributed by atoms with Crippen molar-refractivity contribution in [2.75, 3.05) is 13.7 Å². The maximum absolute atomic E-state index is 11.5. The van der Waals surface area contributed by atoms with Gasteiger partial charge in [0.1, 0.15) is 17.4 Å². The predicted octanol–water partition coefficient (Wildman–Crippen LogP) is 2.56. The molecule has 0 radical (unpaired) electrons. The highest BCUT2D eigenvalue weighted by atomic mass is 16.5. The van der Waals surface area contributed by atoms with Gasteiger partial charge in [0, 0.05) is 0 Å². The number of esters is 1. The van der Waals surface area contributed by atoms with Crippen LogP contribution in [0.25, 0.3) is 6.08 Å². The molecule has 1 aromatic carbocycles. The first-order valence-corrected chi connectivity index (χ1v) is 5.64. The van der Waals surface area contributed by atoms with Crippen molar-refractivity contribution in [1.82, 2.24) is 0 Å². The Morgan fingerprint density at radius 1 is 1.39 bits per heavy atom. The summed E-state index contributed by atoms with van der Waals surface area (Å²) in [5.74, 6) is 0.134. The molecule has 0 saturated carbocycles. The number of ether oxygens (including phenoxy) is 2. The molecule has 0 unspecified atom stereocenters. The largest absolute Gasteiger partial charge is 0.497 e. The summed E-state index contributed by atoms with van der Waals surface area (Å²) in [6, 6.07) is 8.90. The lowest BCUT2D eigenvalue weighted by atomic mass is 10.1. The highest BCUT2D eigenvalue weighted by molar-refractivity contribution is 5.97. The van der Waals surface area contributed by atoms with Gasteiger partial charge in [-0.25, -0.2) is 4.79 Å². The van der Waals surface area contributed by atoms with Crippen molar-refractivity contribution in [3.05, 3.63) is 35.4 Å². The summed E-state index contributed by atoms with van der Waals surface area (Å²) >= 11 is 0. The number of carbonyl (C=O) groups excluding carboxylic acids is 1. The Balaban J connectivity index is 2.83. The Labute approximate surface area is 106 Å². The number of carbonyl (C=O) groups is 1. The first kappa shape index (κ1) is 13.8. The van der Waals surface area contributed by atoms with Gasteiger partial charge in [-0.1, -0.05) is 19.1 Å². The number of methoxy groups -OCH3 is 1. The van der Waals surface area contributed by atoms with Crippen molar-refractivity contribution in [2.45, 2.75) is 13.3 Å². The Bertz CT molecular complexity index is 469. The molecule has 0 aromatic heterocycles. The number of hydrogen-bond acceptors (Lipinski definition) is 4. The van der Waals surface area contributed by atoms with Gasteiger partial charge in [-0.2, -0.15) is 5.26 Å². The molecule has 1 aromatic rings. The zero-order valence-electron chi connectivity index (χ0n) is 10.5. The molecule has 0 fully saturated rings. The van der Waals surface area contributed by atoms with E-state index >= 15 is 0 Å². The fourth-order valence-electron chi connectivity index (χ4n) is 1.28. The molecular weight excluding hydrogens is 230 g/mol. The molecule has 0 atom stereocenters. The van der Waals surface area contributed by atoms with E-state index in [2.05, 4.69) is 0 Å². The molecule has 0 saturated heterocycles. The molecule has 4 nitrogen and oxygen atoms in total. The molecule has 0 N–H and O–H groups in total. The first-order chi connectivity index (χ1) is 8.71. The van der Waals surface area contributed by atoms with Crippen LogP contribution in [0.15, 0.2) is 29.8 Å². The van der Waals surface area contributed by atoms with E-state index in [1.165, 1.54) is 6.08 Å². The van der Waals surface area contributed by atoms with Gasteiger partial charge in [0.25, 0.3) is 0 Å². The van der Waals surface area contributed by atoms with Gasteiger partial charge >= 0.3 is 5.97 Å². The van der Waals surface area contributed by atoms with Crippen LogP contribution in [-0.4, -0.2) is 19.7 Å². The van der Waals surface area contributed by atoms with Crippen LogP contribution in [0.2, 0.25) is 0 Å². The van der Waals surface area contributed by atoms with Gasteiger partial charge in [-0.05, 0) is 30.2 Å². The third-order valence-corrected chi connectivity index (χ3v) is 2.20. The third-order valence-electron chi connectivity index (χ3n) is 2.20. The molecule has 0 aliphatic carbocycles. The van der Waals surface area contributed by atoms with E-state index in [0.29, 0.717) is 6.61 Å². The maximum Gasteiger partial charge on any atom is 0.348 e. The van der Waals surface area contributed by atoms with Crippen LogP contribution in [0, 0.1) is 11.3 Å². The second-order valence-corrected chi connectivity index (χ2v) is 3.58. The van der Waals surface area contributed by atoms with E-state index in [0.717, 1.165) is 17.7 Å². The number of nitriles is 1. The lowest BCUT2D eigenvalue weighted by Crippen LogP contribution is -2.07. The minimum atomic E-state index is -0.588. The number of rotatable bonds is 5. The summed E-state index contributed by atoms with van der Waals surface area (Å²) in [5.41, 5.74) is 0.745. The lowest BCUT2D eigenvalue weighted by molar-refractivity contribution is -0.138. The molecule has 0 amide bonds. The highest BCUT2D eigenvalue weighted by Crippen LogP contribution is 2.14. The standard InChI is InChI=1S/C14H15NO3/c1-3-8-18-14(16)12(10-15)9-11-4-6-13(17-2)7-5-11/h4-7,9H,3,8H2,1-2H3/b12-9-. The minimum Gasteiger partial charge on any atom is -0.497 e. The minimum absolute atomic E-state index is 0.00591. The fourth-order valence-corrected chi connectivity index (χ4v) is 1.28. The van der Waals surface area contributed by atoms with Gasteiger partial charge in [0.2, 0.25) is 0 Å². The second-order valence-electron chi connectivity index (χ2n) is 3.58. The summed E-state index contributed by atoms with van der Waals surface area (Å²) in [5, 5.41) is 8.91. The summed E-state index contributed by atoms with van der Waals surface area (Å²) < 4.78 is 9.93. The average molecular weight is 245 g/mol. The van der Waals surface area contributed by atoms with Crippen LogP contribution in [0.3, 0.4) is 0 Å². The maximum atomic E-state index is 11.5. The van der Waals surface area contributed by atoms with Crippen molar-refractivity contribution in [1.29, 1.82) is 5.26 Å². The van der Waals surface area contributed by atoms with E-state index in [4.69, 9.17) is 14.7 Å². The molecule has 0 heterocycles. The zero-order chi connectivity index (χ0) is 13.4. The number of hydrogen-bond donors (Lipinski definition) is 0. The Morgan fingerprint density at radius 2 is 2.06 bits per heavy atom. The van der Waals surface area contributed by atoms with Gasteiger partial charge in [-0.15, -0.1) is 0 Å². The van der Waals surface area contributed by atoms with E-state index in [-0.39, 0.29) is 5.57 Å². The molecule has 4 heteroatoms. The van der Waals surface area contributed by atoms with Crippen LogP contribution < -0.4 is 4.74 Å². The fraction of sp³-hybridized carbons (Fsp3) is 0.286. The summed E-state index contributed by atoms with van der Waals surface area (Å²) in [6.45, 7) is 2.22. The smallest absolute Gasteiger partial charge is 0.348 e. The Hall–Kier alpha value is -2.28. The van der Waals surface area contributed by atoms with Gasteiger partial charge in [-0.3, -0.25) is 0 Å². The van der Waals surface area contributed by atoms with Crippen molar-refractivity contribution in [3.8, 4) is 11.8 Å². The predicted molar refractivity (Wildman–Crippen MR) is 67.8 cm³/mol. The van der Waals surface area contributed by atoms with Crippen LogP contribution in [0.4, 0.5) is 0 Å². The molecule has 0 aliphatic heterocycles. The molecule has 18 heavy (non-hydrogen) atoms. The summed E-state index contributed by atoms with van der Waals surface area (Å²) in [6.07, 6.45) is 2.23. The second kappa shape index (κ2) is 7.13. The van der Waals surface area contributed by atoms with Crippen LogP contribution in [-0.2, 0) is 9.53 Å². The Kier molecular flexibility index (Phi) is 5.46. The number of benzene rings is 1. The molecule has 0 bridgehead atoms. The van der Waals surface area contributed by atoms with E-state index in [1.54, 1.807) is 31.4 Å². The Morgan fingerprint density at radius 3 is 2.56 bits per heavy atom. The van der Waals surface area contributed by atoms with Crippen LogP contribution in [0.1, 0.15) is 18.9 Å².